The van der Waals surface area contributed by atoms with E-state index in [1.807, 2.05) is 6.92 Å². The van der Waals surface area contributed by atoms with Crippen LogP contribution in [0.5, 0.6) is 0 Å². The van der Waals surface area contributed by atoms with Crippen LogP contribution in [-0.2, 0) is 6.54 Å². The van der Waals surface area contributed by atoms with Crippen molar-refractivity contribution in [2.24, 2.45) is 0 Å². The summed E-state index contributed by atoms with van der Waals surface area (Å²) in [6.45, 7) is 4.01. The number of fused-ring (bicyclic) bond motifs is 1. The molecular weight excluding hydrogens is 272 g/mol. The van der Waals surface area contributed by atoms with Crippen LogP contribution in [-0.4, -0.2) is 42.6 Å². The van der Waals surface area contributed by atoms with Gasteiger partial charge in [0.25, 0.3) is 11.7 Å². The van der Waals surface area contributed by atoms with Crippen LogP contribution in [0, 0.1) is 13.8 Å². The molecule has 0 fully saturated rings. The molecule has 108 valence electrons. The highest BCUT2D eigenvalue weighted by atomic mass is 16.5. The summed E-state index contributed by atoms with van der Waals surface area (Å²) in [7, 11) is 1.67. The predicted molar refractivity (Wildman–Crippen MR) is 72.6 cm³/mol. The summed E-state index contributed by atoms with van der Waals surface area (Å²) in [5.74, 6) is 0.931. The van der Waals surface area contributed by atoms with Crippen LogP contribution < -0.4 is 0 Å². The molecule has 0 aliphatic heterocycles. The van der Waals surface area contributed by atoms with E-state index in [2.05, 4.69) is 20.2 Å². The molecule has 3 rings (SSSR count). The predicted octanol–water partition coefficient (Wildman–Crippen LogP) is 1.00. The van der Waals surface area contributed by atoms with Crippen LogP contribution in [0.2, 0.25) is 0 Å². The second kappa shape index (κ2) is 4.97. The van der Waals surface area contributed by atoms with Gasteiger partial charge in [-0.3, -0.25) is 4.79 Å². The maximum Gasteiger partial charge on any atom is 0.293 e. The number of carbonyl (C=O) groups is 1. The van der Waals surface area contributed by atoms with Crippen molar-refractivity contribution in [2.75, 3.05) is 7.05 Å². The second-order valence-electron chi connectivity index (χ2n) is 4.82. The van der Waals surface area contributed by atoms with Gasteiger partial charge in [-0.1, -0.05) is 5.16 Å². The molecule has 0 aliphatic rings. The quantitative estimate of drug-likeness (QED) is 0.713. The van der Waals surface area contributed by atoms with Gasteiger partial charge in [0.2, 0.25) is 5.82 Å². The largest absolute Gasteiger partial charge is 0.361 e. The van der Waals surface area contributed by atoms with Crippen molar-refractivity contribution in [2.45, 2.75) is 20.4 Å². The number of hydrogen-bond acceptors (Lipinski definition) is 6. The summed E-state index contributed by atoms with van der Waals surface area (Å²) in [4.78, 5) is 22.1. The number of rotatable bonds is 3. The fraction of sp³-hybridized carbons (Fsp3) is 0.308. The monoisotopic (exact) mass is 286 g/mol. The average molecular weight is 286 g/mol. The summed E-state index contributed by atoms with van der Waals surface area (Å²) in [6, 6.07) is 3.59. The van der Waals surface area contributed by atoms with E-state index >= 15 is 0 Å². The average Bonchev–Trinajstić information content (AvgIpc) is 3.05. The van der Waals surface area contributed by atoms with Gasteiger partial charge in [-0.25, -0.2) is 9.50 Å². The third-order valence-corrected chi connectivity index (χ3v) is 3.04. The number of amides is 1. The van der Waals surface area contributed by atoms with Gasteiger partial charge in [0.1, 0.15) is 11.5 Å². The van der Waals surface area contributed by atoms with Crippen molar-refractivity contribution < 1.29 is 9.32 Å². The van der Waals surface area contributed by atoms with Crippen LogP contribution in [0.25, 0.3) is 5.78 Å². The first kappa shape index (κ1) is 13.2. The smallest absolute Gasteiger partial charge is 0.293 e. The Morgan fingerprint density at radius 2 is 2.24 bits per heavy atom. The lowest BCUT2D eigenvalue weighted by Gasteiger charge is -2.12. The normalized spacial score (nSPS) is 11.0. The molecular formula is C13H14N6O2. The van der Waals surface area contributed by atoms with Gasteiger partial charge < -0.3 is 9.42 Å². The standard InChI is InChI=1S/C13H14N6O2/c1-8-4-5-14-13-15-11(16-19(8)13)12(20)18(3)7-10-6-9(2)21-17-10/h4-6H,7H2,1-3H3. The molecule has 1 amide bonds. The molecule has 8 heteroatoms. The van der Waals surface area contributed by atoms with Crippen LogP contribution in [0.15, 0.2) is 22.9 Å². The van der Waals surface area contributed by atoms with Crippen molar-refractivity contribution in [1.29, 1.82) is 0 Å². The molecule has 0 unspecified atom stereocenters. The number of aromatic nitrogens is 5. The van der Waals surface area contributed by atoms with Crippen molar-refractivity contribution >= 4 is 11.7 Å². The van der Waals surface area contributed by atoms with Crippen molar-refractivity contribution in [3.63, 3.8) is 0 Å². The van der Waals surface area contributed by atoms with Gasteiger partial charge in [0.15, 0.2) is 0 Å². The van der Waals surface area contributed by atoms with Crippen LogP contribution >= 0.6 is 0 Å². The van der Waals surface area contributed by atoms with E-state index < -0.39 is 0 Å². The highest BCUT2D eigenvalue weighted by Crippen LogP contribution is 2.08. The van der Waals surface area contributed by atoms with E-state index in [4.69, 9.17) is 4.52 Å². The molecule has 0 bridgehead atoms. The van der Waals surface area contributed by atoms with E-state index in [1.54, 1.807) is 36.8 Å². The summed E-state index contributed by atoms with van der Waals surface area (Å²) in [5, 5.41) is 8.05. The molecule has 0 N–H and O–H groups in total. The first-order valence-corrected chi connectivity index (χ1v) is 6.40. The Hall–Kier alpha value is -2.77. The zero-order chi connectivity index (χ0) is 15.0. The lowest BCUT2D eigenvalue weighted by molar-refractivity contribution is 0.0770. The van der Waals surface area contributed by atoms with Gasteiger partial charge in [-0.05, 0) is 19.9 Å². The van der Waals surface area contributed by atoms with Crippen LogP contribution in [0.1, 0.15) is 27.8 Å². The molecule has 3 heterocycles. The van der Waals surface area contributed by atoms with Crippen LogP contribution in [0.4, 0.5) is 0 Å². The van der Waals surface area contributed by atoms with E-state index in [1.165, 1.54) is 4.90 Å². The minimum Gasteiger partial charge on any atom is -0.361 e. The Morgan fingerprint density at radius 3 is 2.90 bits per heavy atom. The van der Waals surface area contributed by atoms with Gasteiger partial charge in [-0.2, -0.15) is 4.98 Å². The van der Waals surface area contributed by atoms with Gasteiger partial charge in [0, 0.05) is 25.0 Å². The van der Waals surface area contributed by atoms with E-state index in [9.17, 15) is 4.79 Å². The molecule has 0 radical (unpaired) electrons. The van der Waals surface area contributed by atoms with Crippen LogP contribution in [0.3, 0.4) is 0 Å². The Bertz CT molecular complexity index is 806. The number of carbonyl (C=O) groups excluding carboxylic acids is 1. The van der Waals surface area contributed by atoms with Gasteiger partial charge in [0.05, 0.1) is 6.54 Å². The molecule has 0 spiro atoms. The number of nitrogens with zero attached hydrogens (tertiary/aromatic N) is 6. The maximum atomic E-state index is 12.3. The van der Waals surface area contributed by atoms with E-state index in [0.29, 0.717) is 23.8 Å². The SMILES string of the molecule is Cc1cc(CN(C)C(=O)c2nc3nccc(C)n3n2)no1. The minimum absolute atomic E-state index is 0.111. The Kier molecular flexibility index (Phi) is 3.13. The van der Waals surface area contributed by atoms with Crippen molar-refractivity contribution in [3.8, 4) is 0 Å². The lowest BCUT2D eigenvalue weighted by Crippen LogP contribution is -2.27. The van der Waals surface area contributed by atoms with Gasteiger partial charge in [-0.15, -0.1) is 5.10 Å². The topological polar surface area (TPSA) is 89.4 Å². The highest BCUT2D eigenvalue weighted by Gasteiger charge is 2.19. The zero-order valence-corrected chi connectivity index (χ0v) is 11.9. The first-order valence-electron chi connectivity index (χ1n) is 6.40. The Morgan fingerprint density at radius 1 is 1.43 bits per heavy atom. The molecule has 21 heavy (non-hydrogen) atoms. The Labute approximate surface area is 120 Å². The molecule has 8 nitrogen and oxygen atoms in total. The minimum atomic E-state index is -0.291. The highest BCUT2D eigenvalue weighted by molar-refractivity contribution is 5.90. The summed E-state index contributed by atoms with van der Waals surface area (Å²) >= 11 is 0. The second-order valence-corrected chi connectivity index (χ2v) is 4.82. The Balaban J connectivity index is 1.84. The molecule has 0 aromatic carbocycles. The molecule has 0 aliphatic carbocycles. The summed E-state index contributed by atoms with van der Waals surface area (Å²) in [6.07, 6.45) is 1.63. The van der Waals surface area contributed by atoms with Crippen molar-refractivity contribution in [3.05, 3.63) is 41.3 Å². The third kappa shape index (κ3) is 2.47. The molecule has 3 aromatic heterocycles. The number of aryl methyl sites for hydroxylation is 2. The maximum absolute atomic E-state index is 12.3. The first-order chi connectivity index (χ1) is 10.0. The fourth-order valence-corrected chi connectivity index (χ4v) is 1.98. The van der Waals surface area contributed by atoms with E-state index in [0.717, 1.165) is 5.69 Å². The third-order valence-electron chi connectivity index (χ3n) is 3.04. The fourth-order valence-electron chi connectivity index (χ4n) is 1.98. The molecule has 0 saturated carbocycles. The summed E-state index contributed by atoms with van der Waals surface area (Å²) < 4.78 is 6.52. The molecule has 3 aromatic rings. The van der Waals surface area contributed by atoms with E-state index in [-0.39, 0.29) is 11.7 Å². The molecule has 0 atom stereocenters. The summed E-state index contributed by atoms with van der Waals surface area (Å²) in [5.41, 5.74) is 1.54. The van der Waals surface area contributed by atoms with Gasteiger partial charge >= 0.3 is 0 Å². The number of hydrogen-bond donors (Lipinski definition) is 0. The zero-order valence-electron chi connectivity index (χ0n) is 11.9. The van der Waals surface area contributed by atoms with Crippen molar-refractivity contribution in [1.82, 2.24) is 29.6 Å². The lowest BCUT2D eigenvalue weighted by atomic mass is 10.3. The molecule has 0 saturated heterocycles.